The molecule has 2 fully saturated rings. The van der Waals surface area contributed by atoms with E-state index in [9.17, 15) is 4.79 Å². The number of carbonyl (C=O) groups excluding carboxylic acids is 1. The van der Waals surface area contributed by atoms with Gasteiger partial charge in [-0.3, -0.25) is 9.79 Å². The van der Waals surface area contributed by atoms with Crippen LogP contribution in [0.5, 0.6) is 0 Å². The van der Waals surface area contributed by atoms with Crippen molar-refractivity contribution in [3.63, 3.8) is 0 Å². The second-order valence-corrected chi connectivity index (χ2v) is 7.57. The number of aliphatic imine (C=N–C) groups is 1. The number of likely N-dealkylation sites (tertiary alicyclic amines) is 2. The van der Waals surface area contributed by atoms with Crippen LogP contribution in [0.3, 0.4) is 0 Å². The van der Waals surface area contributed by atoms with Crippen LogP contribution in [0.15, 0.2) is 4.99 Å². The average Bonchev–Trinajstić information content (AvgIpc) is 2.63. The number of hydrogen-bond acceptors (Lipinski definition) is 3. The van der Waals surface area contributed by atoms with E-state index in [1.807, 2.05) is 0 Å². The van der Waals surface area contributed by atoms with Crippen molar-refractivity contribution in [2.45, 2.75) is 46.0 Å². The fraction of sp³-hybridized carbons (Fsp3) is 0.895. The van der Waals surface area contributed by atoms with Crippen molar-refractivity contribution in [1.82, 2.24) is 20.4 Å². The predicted octanol–water partition coefficient (Wildman–Crippen LogP) is 2.15. The summed E-state index contributed by atoms with van der Waals surface area (Å²) in [5.74, 6) is 2.60. The molecule has 0 aromatic rings. The van der Waals surface area contributed by atoms with E-state index < -0.39 is 0 Å². The highest BCUT2D eigenvalue weighted by Gasteiger charge is 2.23. The van der Waals surface area contributed by atoms with Gasteiger partial charge in [0.25, 0.3) is 0 Å². The van der Waals surface area contributed by atoms with Gasteiger partial charge in [0, 0.05) is 39.6 Å². The second kappa shape index (κ2) is 12.8. The van der Waals surface area contributed by atoms with Crippen molar-refractivity contribution in [1.29, 1.82) is 0 Å². The molecule has 0 aliphatic carbocycles. The Balaban J connectivity index is 0.00000338. The summed E-state index contributed by atoms with van der Waals surface area (Å²) in [6.07, 6.45) is 5.44. The third kappa shape index (κ3) is 7.98. The van der Waals surface area contributed by atoms with Crippen LogP contribution < -0.4 is 10.6 Å². The molecule has 0 spiro atoms. The zero-order chi connectivity index (χ0) is 18.1. The number of piperidine rings is 2. The maximum Gasteiger partial charge on any atom is 0.220 e. The van der Waals surface area contributed by atoms with Crippen molar-refractivity contribution in [2.24, 2.45) is 16.8 Å². The Morgan fingerprint density at radius 1 is 1.12 bits per heavy atom. The maximum absolute atomic E-state index is 11.5. The van der Waals surface area contributed by atoms with E-state index in [4.69, 9.17) is 4.99 Å². The molecule has 0 bridgehead atoms. The molecule has 2 heterocycles. The van der Waals surface area contributed by atoms with E-state index in [0.29, 0.717) is 12.3 Å². The highest BCUT2D eigenvalue weighted by molar-refractivity contribution is 14.0. The van der Waals surface area contributed by atoms with Crippen molar-refractivity contribution < 1.29 is 4.79 Å². The number of carbonyl (C=O) groups is 1. The first-order valence-corrected chi connectivity index (χ1v) is 10.1. The first-order valence-electron chi connectivity index (χ1n) is 10.1. The highest BCUT2D eigenvalue weighted by Crippen LogP contribution is 2.20. The molecule has 0 radical (unpaired) electrons. The topological polar surface area (TPSA) is 60.0 Å². The third-order valence-corrected chi connectivity index (χ3v) is 5.56. The Hall–Kier alpha value is -0.570. The van der Waals surface area contributed by atoms with Crippen LogP contribution in [0.4, 0.5) is 0 Å². The lowest BCUT2D eigenvalue weighted by Gasteiger charge is -2.34. The zero-order valence-corrected chi connectivity index (χ0v) is 19.1. The predicted molar refractivity (Wildman–Crippen MR) is 119 cm³/mol. The van der Waals surface area contributed by atoms with Crippen LogP contribution >= 0.6 is 24.0 Å². The largest absolute Gasteiger partial charge is 0.359 e. The second-order valence-electron chi connectivity index (χ2n) is 7.57. The highest BCUT2D eigenvalue weighted by atomic mass is 127. The van der Waals surface area contributed by atoms with Crippen molar-refractivity contribution >= 4 is 35.8 Å². The van der Waals surface area contributed by atoms with Gasteiger partial charge in [0.2, 0.25) is 5.91 Å². The number of halogens is 1. The monoisotopic (exact) mass is 479 g/mol. The van der Waals surface area contributed by atoms with Gasteiger partial charge in [0.05, 0.1) is 6.54 Å². The molecular weight excluding hydrogens is 441 g/mol. The number of rotatable bonds is 6. The Labute approximate surface area is 176 Å². The van der Waals surface area contributed by atoms with Gasteiger partial charge in [0.1, 0.15) is 0 Å². The summed E-state index contributed by atoms with van der Waals surface area (Å²) < 4.78 is 0. The molecule has 2 aliphatic heterocycles. The van der Waals surface area contributed by atoms with E-state index in [0.717, 1.165) is 57.4 Å². The van der Waals surface area contributed by atoms with E-state index in [2.05, 4.69) is 34.3 Å². The Bertz CT molecular complexity index is 430. The fourth-order valence-corrected chi connectivity index (χ4v) is 3.72. The zero-order valence-electron chi connectivity index (χ0n) is 16.8. The Morgan fingerprint density at radius 3 is 2.35 bits per heavy atom. The molecule has 152 valence electrons. The molecule has 0 aromatic heterocycles. The molecule has 0 saturated carbocycles. The van der Waals surface area contributed by atoms with Crippen LogP contribution in [0, 0.1) is 11.8 Å². The van der Waals surface area contributed by atoms with Crippen molar-refractivity contribution in [2.75, 3.05) is 52.9 Å². The van der Waals surface area contributed by atoms with Crippen LogP contribution in [0.1, 0.15) is 46.0 Å². The van der Waals surface area contributed by atoms with E-state index >= 15 is 0 Å². The Kier molecular flexibility index (Phi) is 11.5. The first kappa shape index (κ1) is 23.5. The van der Waals surface area contributed by atoms with Crippen LogP contribution in [0.25, 0.3) is 0 Å². The molecule has 0 aromatic carbocycles. The van der Waals surface area contributed by atoms with E-state index in [1.165, 1.54) is 25.9 Å². The van der Waals surface area contributed by atoms with Crippen LogP contribution in [0.2, 0.25) is 0 Å². The molecule has 2 rings (SSSR count). The molecule has 1 amide bonds. The summed E-state index contributed by atoms with van der Waals surface area (Å²) in [7, 11) is 1.72. The quantitative estimate of drug-likeness (QED) is 0.348. The molecule has 6 nitrogen and oxygen atoms in total. The number of nitrogens with zero attached hydrogens (tertiary/aromatic N) is 3. The molecule has 26 heavy (non-hydrogen) atoms. The number of guanidine groups is 1. The van der Waals surface area contributed by atoms with Gasteiger partial charge in [0.15, 0.2) is 5.96 Å². The normalized spacial score (nSPS) is 20.6. The number of hydrogen-bond donors (Lipinski definition) is 2. The molecule has 0 unspecified atom stereocenters. The summed E-state index contributed by atoms with van der Waals surface area (Å²) in [5.41, 5.74) is 0. The van der Waals surface area contributed by atoms with Crippen LogP contribution in [-0.4, -0.2) is 74.5 Å². The van der Waals surface area contributed by atoms with Crippen LogP contribution in [-0.2, 0) is 4.79 Å². The number of amides is 1. The number of nitrogens with one attached hydrogen (secondary N) is 2. The van der Waals surface area contributed by atoms with E-state index in [1.54, 1.807) is 7.05 Å². The lowest BCUT2D eigenvalue weighted by molar-refractivity contribution is -0.121. The lowest BCUT2D eigenvalue weighted by Crippen LogP contribution is -2.46. The van der Waals surface area contributed by atoms with Gasteiger partial charge in [-0.05, 0) is 57.5 Å². The molecule has 2 saturated heterocycles. The summed E-state index contributed by atoms with van der Waals surface area (Å²) >= 11 is 0. The summed E-state index contributed by atoms with van der Waals surface area (Å²) in [5, 5.41) is 6.18. The lowest BCUT2D eigenvalue weighted by atomic mass is 9.93. The first-order chi connectivity index (χ1) is 12.1. The van der Waals surface area contributed by atoms with Gasteiger partial charge in [-0.15, -0.1) is 24.0 Å². The van der Waals surface area contributed by atoms with Gasteiger partial charge < -0.3 is 20.4 Å². The van der Waals surface area contributed by atoms with Crippen molar-refractivity contribution in [3.8, 4) is 0 Å². The minimum absolute atomic E-state index is 0. The molecule has 2 N–H and O–H groups in total. The average molecular weight is 479 g/mol. The van der Waals surface area contributed by atoms with Gasteiger partial charge in [-0.2, -0.15) is 0 Å². The molecular formula is C19H38IN5O. The maximum atomic E-state index is 11.5. The summed E-state index contributed by atoms with van der Waals surface area (Å²) in [6, 6.07) is 0. The van der Waals surface area contributed by atoms with Gasteiger partial charge in [-0.1, -0.05) is 6.92 Å². The van der Waals surface area contributed by atoms with Gasteiger partial charge in [-0.25, -0.2) is 0 Å². The van der Waals surface area contributed by atoms with E-state index in [-0.39, 0.29) is 29.9 Å². The summed E-state index contributed by atoms with van der Waals surface area (Å²) in [4.78, 5) is 21.3. The third-order valence-electron chi connectivity index (χ3n) is 5.56. The Morgan fingerprint density at radius 2 is 1.77 bits per heavy atom. The summed E-state index contributed by atoms with van der Waals surface area (Å²) in [6.45, 7) is 11.7. The molecule has 0 atom stereocenters. The molecule has 2 aliphatic rings. The molecule has 7 heteroatoms. The fourth-order valence-electron chi connectivity index (χ4n) is 3.72. The van der Waals surface area contributed by atoms with Gasteiger partial charge >= 0.3 is 0 Å². The minimum Gasteiger partial charge on any atom is -0.359 e. The standard InChI is InChI=1S/C19H37N5O.HI/c1-4-21-19(22-9-14-23-10-5-16(2)6-11-23)24-12-7-17(8-13-24)15-18(25)20-3;/h16-17H,4-15H2,1-3H3,(H,20,25)(H,21,22);1H. The smallest absolute Gasteiger partial charge is 0.220 e. The SMILES string of the molecule is CCNC(=NCCN1CCC(C)CC1)N1CCC(CC(=O)NC)CC1.I. The van der Waals surface area contributed by atoms with Crippen molar-refractivity contribution in [3.05, 3.63) is 0 Å². The minimum atomic E-state index is 0.